The lowest BCUT2D eigenvalue weighted by Gasteiger charge is -2.17. The van der Waals surface area contributed by atoms with E-state index >= 15 is 0 Å². The number of aromatic amines is 1. The molecule has 10 nitrogen and oxygen atoms in total. The second-order valence-electron chi connectivity index (χ2n) is 8.80. The summed E-state index contributed by atoms with van der Waals surface area (Å²) < 4.78 is 8.37. The molecule has 1 aliphatic rings. The number of esters is 1. The van der Waals surface area contributed by atoms with E-state index in [9.17, 15) is 9.59 Å². The first-order valence-electron chi connectivity index (χ1n) is 11.7. The maximum atomic E-state index is 13.5. The van der Waals surface area contributed by atoms with Crippen molar-refractivity contribution in [1.82, 2.24) is 34.7 Å². The lowest BCUT2D eigenvalue weighted by atomic mass is 10.0. The zero-order chi connectivity index (χ0) is 26.4. The van der Waals surface area contributed by atoms with E-state index in [0.29, 0.717) is 51.3 Å². The van der Waals surface area contributed by atoms with E-state index < -0.39 is 5.97 Å². The van der Waals surface area contributed by atoms with Gasteiger partial charge in [-0.05, 0) is 53.6 Å². The summed E-state index contributed by atoms with van der Waals surface area (Å²) in [4.78, 5) is 32.7. The Kier molecular flexibility index (Phi) is 6.05. The van der Waals surface area contributed by atoms with E-state index in [1.54, 1.807) is 47.2 Å². The highest BCUT2D eigenvalue weighted by Gasteiger charge is 2.31. The van der Waals surface area contributed by atoms with Crippen molar-refractivity contribution in [3.8, 4) is 33.8 Å². The highest BCUT2D eigenvalue weighted by atomic mass is 35.5. The van der Waals surface area contributed by atoms with Crippen LogP contribution in [0.1, 0.15) is 30.9 Å². The topological polar surface area (TPSA) is 121 Å². The molecule has 0 saturated carbocycles. The van der Waals surface area contributed by atoms with Crippen LogP contribution < -0.4 is 10.3 Å². The van der Waals surface area contributed by atoms with Crippen LogP contribution in [0, 0.1) is 0 Å². The summed E-state index contributed by atoms with van der Waals surface area (Å²) in [5.41, 5.74) is 3.90. The van der Waals surface area contributed by atoms with Gasteiger partial charge in [-0.2, -0.15) is 4.68 Å². The van der Waals surface area contributed by atoms with Crippen molar-refractivity contribution in [3.63, 3.8) is 0 Å². The fourth-order valence-electron chi connectivity index (χ4n) is 4.82. The number of fused-ring (bicyclic) bond motifs is 1. The van der Waals surface area contributed by atoms with Gasteiger partial charge < -0.3 is 14.3 Å². The third kappa shape index (κ3) is 4.27. The Hall–Kier alpha value is -4.28. The Bertz CT molecular complexity index is 1740. The minimum atomic E-state index is -0.395. The number of carbonyl (C=O) groups excluding carboxylic acids is 1. The van der Waals surface area contributed by atoms with Gasteiger partial charge in [0.1, 0.15) is 17.9 Å². The monoisotopic (exact) mass is 547 g/mol. The third-order valence-corrected chi connectivity index (χ3v) is 7.07. The summed E-state index contributed by atoms with van der Waals surface area (Å²) in [6, 6.07) is 13.6. The van der Waals surface area contributed by atoms with Gasteiger partial charge >= 0.3 is 5.97 Å². The summed E-state index contributed by atoms with van der Waals surface area (Å²) in [7, 11) is 0. The molecular weight excluding hydrogens is 529 g/mol. The molecule has 12 heteroatoms. The lowest BCUT2D eigenvalue weighted by Crippen LogP contribution is -2.24. The number of ether oxygens (including phenoxy) is 1. The third-order valence-electron chi connectivity index (χ3n) is 6.41. The van der Waals surface area contributed by atoms with Gasteiger partial charge in [0.15, 0.2) is 0 Å². The van der Waals surface area contributed by atoms with Crippen molar-refractivity contribution >= 4 is 29.2 Å². The average molecular weight is 548 g/mol. The molecule has 6 rings (SSSR count). The number of imidazole rings is 1. The summed E-state index contributed by atoms with van der Waals surface area (Å²) in [6.07, 6.45) is 4.40. The SMILES string of the molecule is CC(=O)Oc1cccc(-c2cnc([C@@H]3CCc4c(Cl)c(-c5cc(Cl)ccc5-n5cnnn5)cc(=O)n43)[nH]2)c1. The first kappa shape index (κ1) is 24.1. The van der Waals surface area contributed by atoms with E-state index in [0.717, 1.165) is 17.0 Å². The van der Waals surface area contributed by atoms with Crippen LogP contribution in [0.4, 0.5) is 0 Å². The van der Waals surface area contributed by atoms with Gasteiger partial charge in [-0.25, -0.2) is 4.98 Å². The predicted molar refractivity (Wildman–Crippen MR) is 141 cm³/mol. The highest BCUT2D eigenvalue weighted by molar-refractivity contribution is 6.34. The normalized spacial score (nSPS) is 14.4. The molecule has 5 aromatic rings. The van der Waals surface area contributed by atoms with Gasteiger partial charge in [-0.15, -0.1) is 5.10 Å². The van der Waals surface area contributed by atoms with Crippen molar-refractivity contribution in [2.75, 3.05) is 0 Å². The second kappa shape index (κ2) is 9.55. The van der Waals surface area contributed by atoms with Crippen LogP contribution >= 0.6 is 23.2 Å². The summed E-state index contributed by atoms with van der Waals surface area (Å²) in [5, 5.41) is 12.3. The van der Waals surface area contributed by atoms with E-state index in [-0.39, 0.29) is 11.6 Å². The van der Waals surface area contributed by atoms with Crippen LogP contribution in [0.5, 0.6) is 5.75 Å². The molecule has 0 saturated heterocycles. The molecule has 1 atom stereocenters. The van der Waals surface area contributed by atoms with Crippen LogP contribution in [-0.2, 0) is 11.2 Å². The van der Waals surface area contributed by atoms with Gasteiger partial charge in [0.2, 0.25) is 0 Å². The molecule has 2 aromatic carbocycles. The fraction of sp³-hybridized carbons (Fsp3) is 0.154. The van der Waals surface area contributed by atoms with E-state index in [4.69, 9.17) is 27.9 Å². The lowest BCUT2D eigenvalue weighted by molar-refractivity contribution is -0.131. The quantitative estimate of drug-likeness (QED) is 0.251. The molecule has 1 N–H and O–H groups in total. The minimum absolute atomic E-state index is 0.209. The number of nitrogens with one attached hydrogen (secondary N) is 1. The van der Waals surface area contributed by atoms with Gasteiger partial charge in [-0.3, -0.25) is 9.59 Å². The fourth-order valence-corrected chi connectivity index (χ4v) is 5.34. The van der Waals surface area contributed by atoms with Crippen LogP contribution in [0.15, 0.2) is 65.8 Å². The maximum Gasteiger partial charge on any atom is 0.308 e. The Labute approximate surface area is 225 Å². The number of hydrogen-bond acceptors (Lipinski definition) is 7. The summed E-state index contributed by atoms with van der Waals surface area (Å²) in [6.45, 7) is 1.35. The molecule has 38 heavy (non-hydrogen) atoms. The molecule has 0 amide bonds. The molecule has 190 valence electrons. The van der Waals surface area contributed by atoms with Crippen LogP contribution in [-0.4, -0.2) is 40.7 Å². The molecule has 3 aromatic heterocycles. The number of nitrogens with zero attached hydrogens (tertiary/aromatic N) is 6. The first-order valence-corrected chi connectivity index (χ1v) is 12.5. The first-order chi connectivity index (χ1) is 18.4. The van der Waals surface area contributed by atoms with Gasteiger partial charge in [0.25, 0.3) is 5.56 Å². The van der Waals surface area contributed by atoms with Crippen molar-refractivity contribution in [2.24, 2.45) is 0 Å². The van der Waals surface area contributed by atoms with Gasteiger partial charge in [0.05, 0.1) is 28.6 Å². The Balaban J connectivity index is 1.38. The molecule has 0 fully saturated rings. The highest BCUT2D eigenvalue weighted by Crippen LogP contribution is 2.40. The number of tetrazole rings is 1. The number of benzene rings is 2. The van der Waals surface area contributed by atoms with Gasteiger partial charge in [0, 0.05) is 40.4 Å². The van der Waals surface area contributed by atoms with Crippen molar-refractivity contribution in [2.45, 2.75) is 25.8 Å². The van der Waals surface area contributed by atoms with E-state index in [1.807, 2.05) is 6.07 Å². The summed E-state index contributed by atoms with van der Waals surface area (Å²) in [5.74, 6) is 0.683. The van der Waals surface area contributed by atoms with Gasteiger partial charge in [-0.1, -0.05) is 35.3 Å². The molecule has 0 spiro atoms. The van der Waals surface area contributed by atoms with Crippen LogP contribution in [0.3, 0.4) is 0 Å². The van der Waals surface area contributed by atoms with Crippen molar-refractivity contribution in [3.05, 3.63) is 93.0 Å². The molecule has 0 aliphatic carbocycles. The molecule has 4 heterocycles. The Morgan fingerprint density at radius 2 is 2.00 bits per heavy atom. The van der Waals surface area contributed by atoms with Crippen LogP contribution in [0.25, 0.3) is 28.1 Å². The zero-order valence-electron chi connectivity index (χ0n) is 19.9. The van der Waals surface area contributed by atoms with Crippen molar-refractivity contribution < 1.29 is 9.53 Å². The Morgan fingerprint density at radius 3 is 2.79 bits per heavy atom. The smallest absolute Gasteiger partial charge is 0.308 e. The van der Waals surface area contributed by atoms with Crippen LogP contribution in [0.2, 0.25) is 10.0 Å². The number of aromatic nitrogens is 7. The molecule has 0 bridgehead atoms. The van der Waals surface area contributed by atoms with E-state index in [2.05, 4.69) is 25.5 Å². The number of hydrogen-bond donors (Lipinski definition) is 1. The minimum Gasteiger partial charge on any atom is -0.427 e. The molecule has 1 aliphatic heterocycles. The predicted octanol–water partition coefficient (Wildman–Crippen LogP) is 4.65. The molecular formula is C26H19Cl2N7O3. The number of carbonyl (C=O) groups is 1. The number of rotatable bonds is 5. The Morgan fingerprint density at radius 1 is 1.13 bits per heavy atom. The zero-order valence-corrected chi connectivity index (χ0v) is 21.4. The molecule has 0 unspecified atom stereocenters. The maximum absolute atomic E-state index is 13.5. The number of halogens is 2. The second-order valence-corrected chi connectivity index (χ2v) is 9.62. The van der Waals surface area contributed by atoms with Crippen molar-refractivity contribution in [1.29, 1.82) is 0 Å². The summed E-state index contributed by atoms with van der Waals surface area (Å²) >= 11 is 13.2. The number of H-pyrrole nitrogens is 1. The largest absolute Gasteiger partial charge is 0.427 e. The standard InChI is InChI=1S/C26H19Cl2N7O3/c1-14(36)38-17-4-2-3-15(9-17)20-12-29-26(31-20)23-8-7-22-25(28)19(11-24(37)35(22)23)18-10-16(27)5-6-21(18)34-13-30-32-33-34/h2-6,9-13,23H,7-8H2,1H3,(H,29,31)/t23-/m0/s1. The number of pyridine rings is 1. The average Bonchev–Trinajstić information content (AvgIpc) is 3.66. The van der Waals surface area contributed by atoms with E-state index in [1.165, 1.54) is 24.0 Å². The molecule has 0 radical (unpaired) electrons.